The smallest absolute Gasteiger partial charge is 0.267 e. The number of hydrogen-bond acceptors (Lipinski definition) is 6. The van der Waals surface area contributed by atoms with Crippen molar-refractivity contribution in [2.75, 3.05) is 33.0 Å². The summed E-state index contributed by atoms with van der Waals surface area (Å²) in [6.45, 7) is 3.46. The Bertz CT molecular complexity index is 627. The van der Waals surface area contributed by atoms with Gasteiger partial charge in [0, 0.05) is 18.7 Å². The van der Waals surface area contributed by atoms with E-state index in [0.717, 1.165) is 13.1 Å². The SMILES string of the molecule is O=C1C(=Cc2ccccc2O)SC(=S)N1CN1CCOCC1. The maximum Gasteiger partial charge on any atom is 0.267 e. The Labute approximate surface area is 138 Å². The number of phenolic OH excluding ortho intramolecular Hbond substituents is 1. The van der Waals surface area contributed by atoms with Gasteiger partial charge in [0.05, 0.1) is 24.8 Å². The fraction of sp³-hybridized carbons (Fsp3) is 0.333. The summed E-state index contributed by atoms with van der Waals surface area (Å²) in [7, 11) is 0. The van der Waals surface area contributed by atoms with Crippen molar-refractivity contribution in [2.24, 2.45) is 0 Å². The van der Waals surface area contributed by atoms with Gasteiger partial charge < -0.3 is 9.84 Å². The molecule has 0 aromatic heterocycles. The molecule has 0 unspecified atom stereocenters. The molecular formula is C15H16N2O3S2. The Hall–Kier alpha value is -1.41. The molecule has 5 nitrogen and oxygen atoms in total. The van der Waals surface area contributed by atoms with Crippen LogP contribution in [0.3, 0.4) is 0 Å². The first kappa shape index (κ1) is 15.5. The Morgan fingerprint density at radius 2 is 2.05 bits per heavy atom. The highest BCUT2D eigenvalue weighted by molar-refractivity contribution is 8.26. The standard InChI is InChI=1S/C15H16N2O3S2/c18-12-4-2-1-3-11(12)9-13-14(19)17(15(21)22-13)10-16-5-7-20-8-6-16/h1-4,9,18H,5-8,10H2. The molecule has 1 N–H and O–H groups in total. The van der Waals surface area contributed by atoms with Crippen LogP contribution >= 0.6 is 24.0 Å². The molecule has 1 aromatic carbocycles. The summed E-state index contributed by atoms with van der Waals surface area (Å²) < 4.78 is 5.86. The van der Waals surface area contributed by atoms with Gasteiger partial charge in [0.1, 0.15) is 10.1 Å². The Morgan fingerprint density at radius 1 is 1.32 bits per heavy atom. The lowest BCUT2D eigenvalue weighted by Gasteiger charge is -2.29. The first-order valence-electron chi connectivity index (χ1n) is 6.98. The number of benzene rings is 1. The van der Waals surface area contributed by atoms with E-state index >= 15 is 0 Å². The van der Waals surface area contributed by atoms with Crippen LogP contribution in [-0.2, 0) is 9.53 Å². The molecule has 0 bridgehead atoms. The Kier molecular flexibility index (Phi) is 4.77. The molecule has 0 spiro atoms. The van der Waals surface area contributed by atoms with Gasteiger partial charge in [-0.05, 0) is 12.1 Å². The van der Waals surface area contributed by atoms with E-state index in [-0.39, 0.29) is 11.7 Å². The lowest BCUT2D eigenvalue weighted by atomic mass is 10.2. The van der Waals surface area contributed by atoms with Crippen molar-refractivity contribution < 1.29 is 14.6 Å². The molecule has 2 aliphatic heterocycles. The highest BCUT2D eigenvalue weighted by Crippen LogP contribution is 2.34. The molecule has 2 heterocycles. The molecule has 7 heteroatoms. The monoisotopic (exact) mass is 336 g/mol. The number of rotatable bonds is 3. The van der Waals surface area contributed by atoms with Crippen molar-refractivity contribution >= 4 is 40.3 Å². The third-order valence-electron chi connectivity index (χ3n) is 3.54. The molecule has 1 amide bonds. The van der Waals surface area contributed by atoms with Crippen LogP contribution in [-0.4, -0.2) is 58.1 Å². The number of carbonyl (C=O) groups excluding carboxylic acids is 1. The van der Waals surface area contributed by atoms with Crippen LogP contribution in [0.2, 0.25) is 0 Å². The number of phenols is 1. The maximum absolute atomic E-state index is 12.5. The average molecular weight is 336 g/mol. The van der Waals surface area contributed by atoms with Crippen molar-refractivity contribution in [3.8, 4) is 5.75 Å². The van der Waals surface area contributed by atoms with Crippen LogP contribution in [0.1, 0.15) is 5.56 Å². The molecule has 3 rings (SSSR count). The lowest BCUT2D eigenvalue weighted by molar-refractivity contribution is -0.124. The van der Waals surface area contributed by atoms with Crippen LogP contribution in [0.5, 0.6) is 5.75 Å². The van der Waals surface area contributed by atoms with E-state index in [9.17, 15) is 9.90 Å². The van der Waals surface area contributed by atoms with Crippen molar-refractivity contribution in [1.82, 2.24) is 9.80 Å². The van der Waals surface area contributed by atoms with E-state index in [1.165, 1.54) is 11.8 Å². The van der Waals surface area contributed by atoms with Crippen LogP contribution in [0.4, 0.5) is 0 Å². The fourth-order valence-corrected chi connectivity index (χ4v) is 3.55. The summed E-state index contributed by atoms with van der Waals surface area (Å²) in [5.74, 6) is 0.0469. The number of nitrogens with zero attached hydrogens (tertiary/aromatic N) is 2. The van der Waals surface area contributed by atoms with E-state index in [1.54, 1.807) is 29.2 Å². The number of thioether (sulfide) groups is 1. The molecule has 0 saturated carbocycles. The van der Waals surface area contributed by atoms with Crippen LogP contribution in [0, 0.1) is 0 Å². The van der Waals surface area contributed by atoms with Gasteiger partial charge in [0.2, 0.25) is 0 Å². The second kappa shape index (κ2) is 6.78. The summed E-state index contributed by atoms with van der Waals surface area (Å²) in [5.41, 5.74) is 0.620. The highest BCUT2D eigenvalue weighted by atomic mass is 32.2. The molecule has 0 radical (unpaired) electrons. The van der Waals surface area contributed by atoms with Gasteiger partial charge in [-0.3, -0.25) is 14.6 Å². The summed E-state index contributed by atoms with van der Waals surface area (Å²) in [4.78, 5) is 16.8. The van der Waals surface area contributed by atoms with Crippen molar-refractivity contribution in [2.45, 2.75) is 0 Å². The Balaban J connectivity index is 1.75. The topological polar surface area (TPSA) is 53.0 Å². The third-order valence-corrected chi connectivity index (χ3v) is 4.92. The third kappa shape index (κ3) is 3.33. The molecule has 2 aliphatic rings. The molecule has 2 fully saturated rings. The fourth-order valence-electron chi connectivity index (χ4n) is 2.32. The minimum absolute atomic E-state index is 0.107. The molecule has 0 atom stereocenters. The van der Waals surface area contributed by atoms with Gasteiger partial charge in [-0.15, -0.1) is 0 Å². The van der Waals surface area contributed by atoms with Crippen molar-refractivity contribution in [3.05, 3.63) is 34.7 Å². The van der Waals surface area contributed by atoms with Crippen molar-refractivity contribution in [3.63, 3.8) is 0 Å². The number of morpholine rings is 1. The quantitative estimate of drug-likeness (QED) is 0.672. The number of thiocarbonyl (C=S) groups is 1. The van der Waals surface area contributed by atoms with Gasteiger partial charge >= 0.3 is 0 Å². The van der Waals surface area contributed by atoms with Gasteiger partial charge in [-0.25, -0.2) is 0 Å². The summed E-state index contributed by atoms with van der Waals surface area (Å²) >= 11 is 6.59. The second-order valence-corrected chi connectivity index (χ2v) is 6.72. The zero-order valence-corrected chi connectivity index (χ0v) is 13.5. The van der Waals surface area contributed by atoms with E-state index in [1.807, 2.05) is 6.07 Å². The molecular weight excluding hydrogens is 320 g/mol. The number of hydrogen-bond donors (Lipinski definition) is 1. The van der Waals surface area contributed by atoms with E-state index in [4.69, 9.17) is 17.0 Å². The van der Waals surface area contributed by atoms with E-state index in [0.29, 0.717) is 34.7 Å². The lowest BCUT2D eigenvalue weighted by Crippen LogP contribution is -2.45. The Morgan fingerprint density at radius 3 is 2.77 bits per heavy atom. The number of aromatic hydroxyl groups is 1. The summed E-state index contributed by atoms with van der Waals surface area (Å²) in [5, 5.41) is 9.82. The summed E-state index contributed by atoms with van der Waals surface area (Å²) in [6.07, 6.45) is 1.69. The molecule has 0 aliphatic carbocycles. The summed E-state index contributed by atoms with van der Waals surface area (Å²) in [6, 6.07) is 6.93. The van der Waals surface area contributed by atoms with Crippen LogP contribution in [0.25, 0.3) is 6.08 Å². The molecule has 1 aromatic rings. The largest absolute Gasteiger partial charge is 0.507 e. The van der Waals surface area contributed by atoms with Gasteiger partial charge in [0.15, 0.2) is 0 Å². The predicted octanol–water partition coefficient (Wildman–Crippen LogP) is 1.88. The number of amides is 1. The number of carbonyl (C=O) groups is 1. The van der Waals surface area contributed by atoms with E-state index < -0.39 is 0 Å². The predicted molar refractivity (Wildman–Crippen MR) is 90.4 cm³/mol. The molecule has 22 heavy (non-hydrogen) atoms. The second-order valence-electron chi connectivity index (χ2n) is 5.04. The minimum Gasteiger partial charge on any atom is -0.507 e. The van der Waals surface area contributed by atoms with Crippen LogP contribution < -0.4 is 0 Å². The number of para-hydroxylation sites is 1. The normalized spacial score (nSPS) is 21.8. The zero-order valence-electron chi connectivity index (χ0n) is 11.9. The molecule has 2 saturated heterocycles. The first-order chi connectivity index (χ1) is 10.6. The first-order valence-corrected chi connectivity index (χ1v) is 8.21. The van der Waals surface area contributed by atoms with E-state index in [2.05, 4.69) is 4.90 Å². The van der Waals surface area contributed by atoms with Crippen LogP contribution in [0.15, 0.2) is 29.2 Å². The minimum atomic E-state index is -0.107. The number of ether oxygens (including phenoxy) is 1. The van der Waals surface area contributed by atoms with Gasteiger partial charge in [0.25, 0.3) is 5.91 Å². The zero-order chi connectivity index (χ0) is 15.5. The van der Waals surface area contributed by atoms with Gasteiger partial charge in [-0.2, -0.15) is 0 Å². The maximum atomic E-state index is 12.5. The highest BCUT2D eigenvalue weighted by Gasteiger charge is 2.33. The molecule has 116 valence electrons. The van der Waals surface area contributed by atoms with Crippen molar-refractivity contribution in [1.29, 1.82) is 0 Å². The van der Waals surface area contributed by atoms with Gasteiger partial charge in [-0.1, -0.05) is 42.2 Å². The average Bonchev–Trinajstić information content (AvgIpc) is 2.78.